The van der Waals surface area contributed by atoms with Crippen molar-refractivity contribution in [3.05, 3.63) is 41.2 Å². The first-order chi connectivity index (χ1) is 11.9. The van der Waals surface area contributed by atoms with Gasteiger partial charge in [0.1, 0.15) is 17.5 Å². The van der Waals surface area contributed by atoms with Crippen LogP contribution in [0.4, 0.5) is 0 Å². The Morgan fingerprint density at radius 2 is 1.92 bits per heavy atom. The molecular formula is C18H25N3O4. The predicted molar refractivity (Wildman–Crippen MR) is 94.2 cm³/mol. The highest BCUT2D eigenvalue weighted by molar-refractivity contribution is 5.78. The zero-order valence-electron chi connectivity index (χ0n) is 15.3. The van der Waals surface area contributed by atoms with E-state index in [1.807, 2.05) is 32.3 Å². The normalized spacial score (nSPS) is 12.2. The number of nitrogens with zero attached hydrogens (tertiary/aromatic N) is 3. The summed E-state index contributed by atoms with van der Waals surface area (Å²) in [6.45, 7) is 2.47. The minimum atomic E-state index is -0.950. The zero-order valence-corrected chi connectivity index (χ0v) is 15.3. The molecule has 1 N–H and O–H groups in total. The van der Waals surface area contributed by atoms with Crippen LogP contribution < -0.4 is 9.47 Å². The molecule has 0 aliphatic heterocycles. The van der Waals surface area contributed by atoms with Crippen LogP contribution in [0.2, 0.25) is 0 Å². The van der Waals surface area contributed by atoms with E-state index in [1.54, 1.807) is 22.8 Å². The van der Waals surface area contributed by atoms with Crippen LogP contribution in [0.5, 0.6) is 11.5 Å². The lowest BCUT2D eigenvalue weighted by molar-refractivity contribution is -0.143. The number of likely N-dealkylation sites (N-methyl/N-ethyl adjacent to an activating group) is 1. The molecule has 25 heavy (non-hydrogen) atoms. The number of hydrogen-bond acceptors (Lipinski definition) is 5. The van der Waals surface area contributed by atoms with Gasteiger partial charge >= 0.3 is 5.97 Å². The highest BCUT2D eigenvalue weighted by atomic mass is 16.5. The number of ether oxygens (including phenoxy) is 2. The lowest BCUT2D eigenvalue weighted by Crippen LogP contribution is -2.33. The van der Waals surface area contributed by atoms with E-state index in [2.05, 4.69) is 5.10 Å². The smallest absolute Gasteiger partial charge is 0.325 e. The molecule has 2 aromatic rings. The van der Waals surface area contributed by atoms with E-state index in [9.17, 15) is 9.90 Å². The van der Waals surface area contributed by atoms with Gasteiger partial charge in [-0.1, -0.05) is 0 Å². The van der Waals surface area contributed by atoms with Crippen molar-refractivity contribution < 1.29 is 19.4 Å². The van der Waals surface area contributed by atoms with E-state index in [0.29, 0.717) is 30.0 Å². The maximum absolute atomic E-state index is 12.0. The van der Waals surface area contributed by atoms with Gasteiger partial charge in [0.2, 0.25) is 0 Å². The molecule has 0 aliphatic carbocycles. The molecule has 0 saturated carbocycles. The first-order valence-electron chi connectivity index (χ1n) is 8.00. The van der Waals surface area contributed by atoms with Crippen LogP contribution in [0, 0.1) is 6.92 Å². The Bertz CT molecular complexity index is 717. The van der Waals surface area contributed by atoms with Crippen molar-refractivity contribution in [3.8, 4) is 11.5 Å². The minimum Gasteiger partial charge on any atom is -0.496 e. The summed E-state index contributed by atoms with van der Waals surface area (Å²) < 4.78 is 12.6. The molecule has 7 heteroatoms. The summed E-state index contributed by atoms with van der Waals surface area (Å²) >= 11 is 0. The molecule has 1 unspecified atom stereocenters. The molecule has 1 atom stereocenters. The van der Waals surface area contributed by atoms with Gasteiger partial charge < -0.3 is 14.6 Å². The third kappa shape index (κ3) is 4.30. The summed E-state index contributed by atoms with van der Waals surface area (Å²) in [5.74, 6) is 0.0732. The average molecular weight is 347 g/mol. The van der Waals surface area contributed by atoms with Crippen molar-refractivity contribution in [2.45, 2.75) is 19.4 Å². The van der Waals surface area contributed by atoms with Gasteiger partial charge in [0.25, 0.3) is 0 Å². The first-order valence-corrected chi connectivity index (χ1v) is 8.00. The number of hydrogen-bond donors (Lipinski definition) is 1. The Morgan fingerprint density at radius 3 is 2.36 bits per heavy atom. The zero-order chi connectivity index (χ0) is 18.6. The molecule has 0 fully saturated rings. The number of methoxy groups -OCH3 is 2. The highest BCUT2D eigenvalue weighted by Crippen LogP contribution is 2.38. The third-order valence-electron chi connectivity index (χ3n) is 4.15. The van der Waals surface area contributed by atoms with Gasteiger partial charge in [-0.3, -0.25) is 14.4 Å². The van der Waals surface area contributed by atoms with Gasteiger partial charge in [-0.05, 0) is 43.7 Å². The molecule has 1 aromatic carbocycles. The number of benzene rings is 1. The van der Waals surface area contributed by atoms with Crippen LogP contribution in [0.15, 0.2) is 24.5 Å². The fourth-order valence-electron chi connectivity index (χ4n) is 2.91. The van der Waals surface area contributed by atoms with Crippen LogP contribution in [-0.2, 0) is 18.3 Å². The molecule has 1 heterocycles. The number of aliphatic carboxylic acids is 1. The summed E-state index contributed by atoms with van der Waals surface area (Å²) in [6, 6.07) is 2.77. The Morgan fingerprint density at radius 1 is 1.32 bits per heavy atom. The second-order valence-corrected chi connectivity index (χ2v) is 6.08. The molecule has 1 aromatic heterocycles. The largest absolute Gasteiger partial charge is 0.496 e. The summed E-state index contributed by atoms with van der Waals surface area (Å²) in [4.78, 5) is 13.8. The number of rotatable bonds is 8. The third-order valence-corrected chi connectivity index (χ3v) is 4.15. The molecule has 0 saturated heterocycles. The number of aryl methyl sites for hydroxylation is 2. The van der Waals surface area contributed by atoms with Crippen LogP contribution in [0.1, 0.15) is 22.7 Å². The Balaban J connectivity index is 2.32. The van der Waals surface area contributed by atoms with Crippen LogP contribution in [0.3, 0.4) is 0 Å². The lowest BCUT2D eigenvalue weighted by Gasteiger charge is -2.27. The van der Waals surface area contributed by atoms with Crippen LogP contribution in [-0.4, -0.2) is 53.6 Å². The average Bonchev–Trinajstić information content (AvgIpc) is 2.99. The molecule has 0 amide bonds. The Labute approximate surface area is 147 Å². The van der Waals surface area contributed by atoms with Gasteiger partial charge in [0.05, 0.1) is 26.0 Å². The van der Waals surface area contributed by atoms with Crippen molar-refractivity contribution >= 4 is 5.97 Å². The van der Waals surface area contributed by atoms with Gasteiger partial charge in [-0.15, -0.1) is 0 Å². The van der Waals surface area contributed by atoms with E-state index in [1.165, 1.54) is 14.2 Å². The standard InChI is InChI=1S/C18H25N3O4/c1-12-8-14(24-4)16(15(9-12)25-5)17(18(22)23)20(2)7-6-13-10-19-21(3)11-13/h8-11,17H,6-7H2,1-5H3,(H,22,23). The van der Waals surface area contributed by atoms with E-state index in [4.69, 9.17) is 9.47 Å². The number of carbonyl (C=O) groups is 1. The summed E-state index contributed by atoms with van der Waals surface area (Å²) in [6.07, 6.45) is 4.41. The SMILES string of the molecule is COc1cc(C)cc(OC)c1C(C(=O)O)N(C)CCc1cnn(C)c1. The van der Waals surface area contributed by atoms with Crippen molar-refractivity contribution in [2.75, 3.05) is 27.8 Å². The Kier molecular flexibility index (Phi) is 6.03. The number of carboxylic acids is 1. The first kappa shape index (κ1) is 18.8. The van der Waals surface area contributed by atoms with Crippen molar-refractivity contribution in [2.24, 2.45) is 7.05 Å². The van der Waals surface area contributed by atoms with E-state index in [0.717, 1.165) is 11.1 Å². The summed E-state index contributed by atoms with van der Waals surface area (Å²) in [5, 5.41) is 14.0. The monoisotopic (exact) mass is 347 g/mol. The lowest BCUT2D eigenvalue weighted by atomic mass is 10.0. The predicted octanol–water partition coefficient (Wildman–Crippen LogP) is 2.05. The van der Waals surface area contributed by atoms with Crippen LogP contribution >= 0.6 is 0 Å². The maximum atomic E-state index is 12.0. The number of carboxylic acid groups (broad SMARTS) is 1. The van der Waals surface area contributed by atoms with Crippen LogP contribution in [0.25, 0.3) is 0 Å². The van der Waals surface area contributed by atoms with Crippen molar-refractivity contribution in [1.82, 2.24) is 14.7 Å². The van der Waals surface area contributed by atoms with Gasteiger partial charge in [-0.2, -0.15) is 5.10 Å². The molecule has 136 valence electrons. The molecule has 0 spiro atoms. The fourth-order valence-corrected chi connectivity index (χ4v) is 2.91. The quantitative estimate of drug-likeness (QED) is 0.787. The Hall–Kier alpha value is -2.54. The maximum Gasteiger partial charge on any atom is 0.325 e. The summed E-state index contributed by atoms with van der Waals surface area (Å²) in [5.41, 5.74) is 2.53. The molecule has 0 bridgehead atoms. The van der Waals surface area contributed by atoms with E-state index >= 15 is 0 Å². The second-order valence-electron chi connectivity index (χ2n) is 6.08. The molecular weight excluding hydrogens is 322 g/mol. The molecule has 0 radical (unpaired) electrons. The molecule has 7 nitrogen and oxygen atoms in total. The van der Waals surface area contributed by atoms with Crippen molar-refractivity contribution in [1.29, 1.82) is 0 Å². The van der Waals surface area contributed by atoms with Crippen molar-refractivity contribution in [3.63, 3.8) is 0 Å². The van der Waals surface area contributed by atoms with Gasteiger partial charge in [0, 0.05) is 19.8 Å². The molecule has 2 rings (SSSR count). The van der Waals surface area contributed by atoms with Gasteiger partial charge in [0.15, 0.2) is 0 Å². The van der Waals surface area contributed by atoms with Gasteiger partial charge in [-0.25, -0.2) is 0 Å². The highest BCUT2D eigenvalue weighted by Gasteiger charge is 2.31. The number of aromatic nitrogens is 2. The minimum absolute atomic E-state index is 0.512. The fraction of sp³-hybridized carbons (Fsp3) is 0.444. The summed E-state index contributed by atoms with van der Waals surface area (Å²) in [7, 11) is 6.71. The molecule has 0 aliphatic rings. The van der Waals surface area contributed by atoms with E-state index in [-0.39, 0.29) is 0 Å². The van der Waals surface area contributed by atoms with E-state index < -0.39 is 12.0 Å². The topological polar surface area (TPSA) is 76.8 Å². The second kappa shape index (κ2) is 8.02.